The molecule has 7 heteroatoms. The Hall–Kier alpha value is -1.91. The number of carbonyl (C=O) groups excluding carboxylic acids is 1. The Kier molecular flexibility index (Phi) is 3.44. The Morgan fingerprint density at radius 2 is 1.96 bits per heavy atom. The number of hydrogen-bond acceptors (Lipinski definition) is 4. The van der Waals surface area contributed by atoms with Crippen LogP contribution >= 0.6 is 0 Å². The Balaban J connectivity index is 1.75. The average molecular weight is 345 g/mol. The largest absolute Gasteiger partial charge is 0.325 e. The third kappa shape index (κ3) is 2.03. The lowest BCUT2D eigenvalue weighted by atomic mass is 9.80. The molecule has 0 aromatic heterocycles. The van der Waals surface area contributed by atoms with Crippen LogP contribution in [-0.4, -0.2) is 36.5 Å². The number of amides is 1. The maximum atomic E-state index is 13.0. The standard InChI is InChI=1S/C17H19N3O3S/c18-10-12-9-17(14-7-3-4-8-15(14)19-16(17)21)11-20(12)24(22,23)13-5-1-2-6-13/h3-4,7-8,12-13H,1-2,5-6,9,11H2,(H,19,21)/t12-,17-/m0/s1. The van der Waals surface area contributed by atoms with E-state index in [2.05, 4.69) is 11.4 Å². The minimum atomic E-state index is -3.56. The van der Waals surface area contributed by atoms with E-state index in [0.29, 0.717) is 12.8 Å². The van der Waals surface area contributed by atoms with Gasteiger partial charge in [0, 0.05) is 12.2 Å². The van der Waals surface area contributed by atoms with Crippen molar-refractivity contribution >= 4 is 21.6 Å². The second-order valence-corrected chi connectivity index (χ2v) is 9.09. The molecule has 0 radical (unpaired) electrons. The lowest BCUT2D eigenvalue weighted by molar-refractivity contribution is -0.120. The van der Waals surface area contributed by atoms with Crippen LogP contribution < -0.4 is 5.32 Å². The van der Waals surface area contributed by atoms with E-state index in [4.69, 9.17) is 0 Å². The fourth-order valence-corrected chi connectivity index (χ4v) is 6.55. The highest BCUT2D eigenvalue weighted by Gasteiger charge is 2.58. The van der Waals surface area contributed by atoms with Gasteiger partial charge >= 0.3 is 0 Å². The maximum Gasteiger partial charge on any atom is 0.236 e. The number of rotatable bonds is 2. The summed E-state index contributed by atoms with van der Waals surface area (Å²) in [5, 5.41) is 12.0. The maximum absolute atomic E-state index is 13.0. The van der Waals surface area contributed by atoms with E-state index in [0.717, 1.165) is 24.1 Å². The molecule has 2 heterocycles. The van der Waals surface area contributed by atoms with E-state index in [1.54, 1.807) is 0 Å². The molecule has 1 aromatic carbocycles. The topological polar surface area (TPSA) is 90.3 Å². The number of hydrogen-bond donors (Lipinski definition) is 1. The summed E-state index contributed by atoms with van der Waals surface area (Å²) in [4.78, 5) is 12.7. The van der Waals surface area contributed by atoms with Crippen LogP contribution in [0.3, 0.4) is 0 Å². The summed E-state index contributed by atoms with van der Waals surface area (Å²) in [5.41, 5.74) is 0.585. The molecule has 3 aliphatic rings. The molecule has 2 atom stereocenters. The van der Waals surface area contributed by atoms with Crippen LogP contribution in [0.2, 0.25) is 0 Å². The van der Waals surface area contributed by atoms with Gasteiger partial charge in [0.2, 0.25) is 15.9 Å². The fourth-order valence-electron chi connectivity index (χ4n) is 4.36. The predicted molar refractivity (Wildman–Crippen MR) is 88.6 cm³/mol. The second kappa shape index (κ2) is 5.30. The van der Waals surface area contributed by atoms with Crippen molar-refractivity contribution in [1.82, 2.24) is 4.31 Å². The van der Waals surface area contributed by atoms with Gasteiger partial charge in [0.05, 0.1) is 16.7 Å². The normalized spacial score (nSPS) is 30.5. The smallest absolute Gasteiger partial charge is 0.236 e. The van der Waals surface area contributed by atoms with Crippen LogP contribution in [0.1, 0.15) is 37.7 Å². The molecule has 1 aliphatic carbocycles. The van der Waals surface area contributed by atoms with Crippen LogP contribution in [0.4, 0.5) is 5.69 Å². The summed E-state index contributed by atoms with van der Waals surface area (Å²) in [6, 6.07) is 8.68. The molecule has 1 spiro atoms. The highest BCUT2D eigenvalue weighted by molar-refractivity contribution is 7.89. The van der Waals surface area contributed by atoms with Gasteiger partial charge in [-0.25, -0.2) is 8.42 Å². The molecular weight excluding hydrogens is 326 g/mol. The van der Waals surface area contributed by atoms with Gasteiger partial charge in [-0.1, -0.05) is 31.0 Å². The SMILES string of the molecule is N#C[C@@H]1C[C@@]2(CN1S(=O)(=O)C1CCCC1)C(=O)Nc1ccccc12. The van der Waals surface area contributed by atoms with E-state index >= 15 is 0 Å². The lowest BCUT2D eigenvalue weighted by Gasteiger charge is -2.25. The highest BCUT2D eigenvalue weighted by Crippen LogP contribution is 2.47. The zero-order valence-electron chi connectivity index (χ0n) is 13.2. The predicted octanol–water partition coefficient (Wildman–Crippen LogP) is 1.75. The van der Waals surface area contributed by atoms with Crippen molar-refractivity contribution in [2.45, 2.75) is 48.8 Å². The van der Waals surface area contributed by atoms with E-state index in [1.807, 2.05) is 24.3 Å². The minimum Gasteiger partial charge on any atom is -0.325 e. The summed E-state index contributed by atoms with van der Waals surface area (Å²) in [7, 11) is -3.56. The highest BCUT2D eigenvalue weighted by atomic mass is 32.2. The Labute approximate surface area is 141 Å². The number of sulfonamides is 1. The molecule has 1 saturated carbocycles. The molecule has 1 N–H and O–H groups in total. The quantitative estimate of drug-likeness (QED) is 0.884. The number of carbonyl (C=O) groups is 1. The first kappa shape index (κ1) is 15.6. The Morgan fingerprint density at radius 3 is 2.67 bits per heavy atom. The summed E-state index contributed by atoms with van der Waals surface area (Å²) >= 11 is 0. The van der Waals surface area contributed by atoms with E-state index in [-0.39, 0.29) is 18.9 Å². The molecule has 126 valence electrons. The summed E-state index contributed by atoms with van der Waals surface area (Å²) < 4.78 is 27.3. The molecule has 1 amide bonds. The molecule has 4 rings (SSSR count). The average Bonchev–Trinajstić information content (AvgIpc) is 3.28. The fraction of sp³-hybridized carbons (Fsp3) is 0.529. The van der Waals surface area contributed by atoms with Gasteiger partial charge in [-0.05, 0) is 30.9 Å². The molecule has 2 fully saturated rings. The lowest BCUT2D eigenvalue weighted by Crippen LogP contribution is -2.43. The number of anilines is 1. The first-order chi connectivity index (χ1) is 11.5. The zero-order valence-corrected chi connectivity index (χ0v) is 14.1. The zero-order chi connectivity index (χ0) is 16.9. The molecule has 0 unspecified atom stereocenters. The van der Waals surface area contributed by atoms with Crippen molar-refractivity contribution < 1.29 is 13.2 Å². The van der Waals surface area contributed by atoms with Crippen LogP contribution in [0.25, 0.3) is 0 Å². The van der Waals surface area contributed by atoms with Gasteiger partial charge in [-0.2, -0.15) is 9.57 Å². The number of fused-ring (bicyclic) bond motifs is 2. The second-order valence-electron chi connectivity index (χ2n) is 6.93. The van der Waals surface area contributed by atoms with Crippen LogP contribution in [-0.2, 0) is 20.2 Å². The number of benzene rings is 1. The van der Waals surface area contributed by atoms with Crippen LogP contribution in [0.5, 0.6) is 0 Å². The molecule has 1 aromatic rings. The van der Waals surface area contributed by atoms with E-state index in [1.165, 1.54) is 4.31 Å². The molecule has 24 heavy (non-hydrogen) atoms. The number of nitrogens with one attached hydrogen (secondary N) is 1. The summed E-state index contributed by atoms with van der Waals surface area (Å²) in [6.07, 6.45) is 3.32. The number of nitrogens with zero attached hydrogens (tertiary/aromatic N) is 2. The van der Waals surface area contributed by atoms with Crippen molar-refractivity contribution in [3.8, 4) is 6.07 Å². The Bertz CT molecular complexity index is 839. The van der Waals surface area contributed by atoms with Crippen LogP contribution in [0.15, 0.2) is 24.3 Å². The van der Waals surface area contributed by atoms with Gasteiger partial charge in [-0.3, -0.25) is 4.79 Å². The first-order valence-corrected chi connectivity index (χ1v) is 9.80. The monoisotopic (exact) mass is 345 g/mol. The third-order valence-electron chi connectivity index (χ3n) is 5.64. The van der Waals surface area contributed by atoms with E-state index in [9.17, 15) is 18.5 Å². The van der Waals surface area contributed by atoms with Crippen molar-refractivity contribution in [2.24, 2.45) is 0 Å². The summed E-state index contributed by atoms with van der Waals surface area (Å²) in [6.45, 7) is 0.0624. The summed E-state index contributed by atoms with van der Waals surface area (Å²) in [5.74, 6) is -0.201. The molecule has 6 nitrogen and oxygen atoms in total. The van der Waals surface area contributed by atoms with Crippen molar-refractivity contribution in [3.63, 3.8) is 0 Å². The molecule has 1 saturated heterocycles. The number of nitriles is 1. The van der Waals surface area contributed by atoms with Gasteiger partial charge in [-0.15, -0.1) is 0 Å². The van der Waals surface area contributed by atoms with Gasteiger partial charge in [0.1, 0.15) is 6.04 Å². The third-order valence-corrected chi connectivity index (χ3v) is 7.99. The number of para-hydroxylation sites is 1. The van der Waals surface area contributed by atoms with Crippen molar-refractivity contribution in [2.75, 3.05) is 11.9 Å². The molecule has 0 bridgehead atoms. The van der Waals surface area contributed by atoms with Gasteiger partial charge < -0.3 is 5.32 Å². The minimum absolute atomic E-state index is 0.0624. The first-order valence-electron chi connectivity index (χ1n) is 8.30. The van der Waals surface area contributed by atoms with E-state index < -0.39 is 26.7 Å². The van der Waals surface area contributed by atoms with Gasteiger partial charge in [0.15, 0.2) is 0 Å². The molecular formula is C17H19N3O3S. The van der Waals surface area contributed by atoms with Gasteiger partial charge in [0.25, 0.3) is 0 Å². The Morgan fingerprint density at radius 1 is 1.25 bits per heavy atom. The van der Waals surface area contributed by atoms with Crippen molar-refractivity contribution in [1.29, 1.82) is 5.26 Å². The molecule has 2 aliphatic heterocycles. The van der Waals surface area contributed by atoms with Crippen LogP contribution in [0, 0.1) is 11.3 Å². The van der Waals surface area contributed by atoms with Crippen molar-refractivity contribution in [3.05, 3.63) is 29.8 Å².